The maximum atomic E-state index is 13.1. The third-order valence-corrected chi connectivity index (χ3v) is 60.0. The molecule has 0 fully saturated rings. The molecule has 0 saturated heterocycles. The molecule has 0 N–H and O–H groups in total. The Bertz CT molecular complexity index is 2560. The van der Waals surface area contributed by atoms with Gasteiger partial charge in [-0.3, -0.25) is 4.79 Å². The maximum Gasteiger partial charge on any atom is 0.306 e. The highest BCUT2D eigenvalue weighted by Crippen LogP contribution is 2.71. The van der Waals surface area contributed by atoms with Crippen molar-refractivity contribution in [2.24, 2.45) is 47.3 Å². The Kier molecular flexibility index (Phi) is 82.2. The Labute approximate surface area is 827 Å². The number of esters is 1. The van der Waals surface area contributed by atoms with Gasteiger partial charge in [-0.25, -0.2) is 0 Å². The van der Waals surface area contributed by atoms with E-state index < -0.39 is 76.5 Å². The lowest BCUT2D eigenvalue weighted by molar-refractivity contribution is -0.142. The fourth-order valence-electron chi connectivity index (χ4n) is 12.6. The second kappa shape index (κ2) is 78.5. The van der Waals surface area contributed by atoms with Crippen molar-refractivity contribution >= 4 is 208 Å². The van der Waals surface area contributed by atoms with Crippen LogP contribution in [0.3, 0.4) is 0 Å². The third kappa shape index (κ3) is 65.1. The van der Waals surface area contributed by atoms with E-state index in [1.54, 1.807) is 52.5 Å². The van der Waals surface area contributed by atoms with Crippen molar-refractivity contribution in [3.63, 3.8) is 0 Å². The van der Waals surface area contributed by atoms with E-state index in [1.807, 2.05) is 41.5 Å². The number of rotatable bonds is 91. The summed E-state index contributed by atoms with van der Waals surface area (Å²) in [6.45, 7) is 54.4. The Morgan fingerprint density at radius 1 is 0.242 bits per heavy atom. The lowest BCUT2D eigenvalue weighted by Crippen LogP contribution is -2.18. The van der Waals surface area contributed by atoms with Gasteiger partial charge in [-0.05, 0) is 230 Å². The van der Waals surface area contributed by atoms with Gasteiger partial charge < -0.3 is 68.1 Å². The second-order valence-corrected chi connectivity index (χ2v) is 77.8. The van der Waals surface area contributed by atoms with Crippen LogP contribution >= 0.6 is 120 Å². The molecule has 0 aliphatic rings. The van der Waals surface area contributed by atoms with E-state index in [1.165, 1.54) is 34.1 Å². The third-order valence-electron chi connectivity index (χ3n) is 21.6. The van der Waals surface area contributed by atoms with Crippen LogP contribution in [-0.4, -0.2) is 142 Å². The molecule has 744 valence electrons. The Balaban J connectivity index is 8.09. The van der Waals surface area contributed by atoms with Gasteiger partial charge in [0.25, 0.3) is 0 Å². The van der Waals surface area contributed by atoms with Crippen LogP contribution < -0.4 is 0 Å². The molecule has 0 heterocycles. The first-order valence-corrected chi connectivity index (χ1v) is 77.7. The highest BCUT2D eigenvalue weighted by Gasteiger charge is 2.38. The van der Waals surface area contributed by atoms with Gasteiger partial charge in [-0.15, -0.1) is 0 Å². The monoisotopic (exact) mass is 2150 g/mol. The molecule has 0 aromatic carbocycles. The van der Waals surface area contributed by atoms with E-state index in [-0.39, 0.29) is 19.0 Å². The van der Waals surface area contributed by atoms with Gasteiger partial charge in [0.15, 0.2) is 0 Å². The number of carbonyl (C=O) groups is 1. The second-order valence-electron chi connectivity index (χ2n) is 33.5. The number of hydrogen-bond acceptors (Lipinski definition) is 30. The fourth-order valence-corrected chi connectivity index (χ4v) is 47.2. The normalized spacial score (nSPS) is 19.2. The highest BCUT2D eigenvalue weighted by atomic mass is 32.9. The average molecular weight is 2150 g/mol. The first-order chi connectivity index (χ1) is 59.0. The van der Waals surface area contributed by atoms with Crippen LogP contribution in [0.2, 0.25) is 0 Å². The number of ether oxygens (including phenoxy) is 1. The van der Waals surface area contributed by atoms with Crippen LogP contribution in [0.15, 0.2) is 0 Å². The van der Waals surface area contributed by atoms with Crippen LogP contribution in [0.5, 0.6) is 0 Å². The lowest BCUT2D eigenvalue weighted by atomic mass is 10.0. The SMILES string of the molecule is CCCCC(CC)COP(=S)(OCC(CC)CCCC)SCC(C)OP(=S)(OC(C)CSP(=S)(OCC(CC)CCCC)OCC(CC)CCCC)SCC(C)OP(=S)(OC(C)CSP(=S)(OC(C)CSP(=S)(OCC(CC)CCCC)OCC(CC)CCCC)OC(C)CSP(=S)(OCC(CC)CCCC)OCC(CC)CCCC)SCCC(=O)OCC. The van der Waals surface area contributed by atoms with Gasteiger partial charge in [0.05, 0.1) is 103 Å². The molecule has 0 aromatic rings. The van der Waals surface area contributed by atoms with Crippen molar-refractivity contribution in [3.05, 3.63) is 0 Å². The Morgan fingerprint density at radius 3 is 0.540 bits per heavy atom. The summed E-state index contributed by atoms with van der Waals surface area (Å²) in [5, 5.41) is 0. The van der Waals surface area contributed by atoms with Gasteiger partial charge in [0, 0.05) is 40.3 Å². The molecule has 0 aromatic heterocycles. The predicted octanol–water partition coefficient (Wildman–Crippen LogP) is 34.9. The lowest BCUT2D eigenvalue weighted by Gasteiger charge is -2.33. The van der Waals surface area contributed by atoms with Gasteiger partial charge in [-0.1, -0.05) is 345 Å². The van der Waals surface area contributed by atoms with Crippen LogP contribution in [0.25, 0.3) is 0 Å². The van der Waals surface area contributed by atoms with Gasteiger partial charge >= 0.3 is 5.97 Å². The zero-order valence-corrected chi connectivity index (χ0v) is 99.3. The van der Waals surface area contributed by atoms with E-state index in [2.05, 4.69) is 111 Å². The zero-order chi connectivity index (χ0) is 93.4. The summed E-state index contributed by atoms with van der Waals surface area (Å²) in [6, 6.07) is 0. The smallest absolute Gasteiger partial charge is 0.306 e. The standard InChI is InChI=1S/C87H181O16P7S14/c1-24-41-49-79(32-9)59-90-104(111,91-60-80(33-10)50-42-25-2)119-67-73(18)100-109(116,101-74(19)68-120-105(112,92-61-81(34-11)51-43-26-3)93-62-82(35-12)52-44-27-4)123-71-77(22)98-108(115,118-58-57-87(88)89-40-17)99-78(23)72-124-110(117,102-75(20)69-121-106(113,94-63-83(36-13)53-45-28-5)95-64-84(37-14)54-46-29-6)103-76(21)70-122-107(114,96-65-85(38-15)55-47-30-7)97-66-86(39-16)56-48-31-8/h73-86H,24-72H2,1-23H3. The van der Waals surface area contributed by atoms with Crippen molar-refractivity contribution in [3.8, 4) is 0 Å². The summed E-state index contributed by atoms with van der Waals surface area (Å²) in [4.78, 5) is 13.1. The largest absolute Gasteiger partial charge is 0.466 e. The van der Waals surface area contributed by atoms with Gasteiger partial charge in [0.2, 0.25) is 39.9 Å². The summed E-state index contributed by atoms with van der Waals surface area (Å²) in [5.74, 6) is 5.61. The first-order valence-electron chi connectivity index (χ1n) is 48.1. The van der Waals surface area contributed by atoms with Crippen molar-refractivity contribution in [2.75, 3.05) is 99.7 Å². The molecule has 0 aliphatic heterocycles. The minimum Gasteiger partial charge on any atom is -0.466 e. The predicted molar refractivity (Wildman–Crippen MR) is 586 cm³/mol. The molecule has 0 rings (SSSR count). The molecule has 14 unspecified atom stereocenters. The molecular weight excluding hydrogens is 1970 g/mol. The molecule has 0 radical (unpaired) electrons. The minimum absolute atomic E-state index is 0.110. The summed E-state index contributed by atoms with van der Waals surface area (Å²) < 4.78 is 103. The summed E-state index contributed by atoms with van der Waals surface area (Å²) in [5.41, 5.74) is -21.3. The minimum atomic E-state index is -3.33. The van der Waals surface area contributed by atoms with Crippen LogP contribution in [0, 0.1) is 47.3 Å². The number of carbonyl (C=O) groups excluding carboxylic acids is 1. The van der Waals surface area contributed by atoms with E-state index >= 15 is 0 Å². The van der Waals surface area contributed by atoms with Crippen LogP contribution in [0.4, 0.5) is 0 Å². The average Bonchev–Trinajstić information content (AvgIpc) is 0.810. The molecule has 0 bridgehead atoms. The first kappa shape index (κ1) is 130. The molecule has 0 amide bonds. The highest BCUT2D eigenvalue weighted by molar-refractivity contribution is 8.70. The van der Waals surface area contributed by atoms with E-state index in [9.17, 15) is 4.79 Å². The maximum absolute atomic E-state index is 13.1. The van der Waals surface area contributed by atoms with E-state index in [0.717, 1.165) is 205 Å². The van der Waals surface area contributed by atoms with Crippen molar-refractivity contribution in [1.29, 1.82) is 0 Å². The fraction of sp³-hybridized carbons (Fsp3) is 0.989. The van der Waals surface area contributed by atoms with E-state index in [0.29, 0.717) is 140 Å². The Hall–Kier alpha value is 5.91. The molecule has 16 nitrogen and oxygen atoms in total. The molecule has 0 saturated carbocycles. The Morgan fingerprint density at radius 2 is 0.395 bits per heavy atom. The van der Waals surface area contributed by atoms with Gasteiger partial charge in [-0.2, -0.15) is 0 Å². The molecule has 0 spiro atoms. The molecule has 0 aliphatic carbocycles. The van der Waals surface area contributed by atoms with Crippen LogP contribution in [-0.2, 0) is 156 Å². The molecular formula is C87H181O16P7S14. The summed E-state index contributed by atoms with van der Waals surface area (Å²) in [7, 11) is 0. The molecule has 37 heteroatoms. The molecule has 14 atom stereocenters. The molecule has 124 heavy (non-hydrogen) atoms. The zero-order valence-electron chi connectivity index (χ0n) is 81.6. The van der Waals surface area contributed by atoms with E-state index in [4.69, 9.17) is 151 Å². The quantitative estimate of drug-likeness (QED) is 0.0418. The van der Waals surface area contributed by atoms with Gasteiger partial charge in [0.1, 0.15) is 0 Å². The number of hydrogen-bond donors (Lipinski definition) is 0. The number of unbranched alkanes of at least 4 members (excludes halogenated alkanes) is 8. The summed E-state index contributed by atoms with van der Waals surface area (Å²) >= 11 is 56.6. The summed E-state index contributed by atoms with van der Waals surface area (Å²) in [6.07, 6.45) is 32.1. The van der Waals surface area contributed by atoms with Crippen molar-refractivity contribution in [2.45, 2.75) is 408 Å². The topological polar surface area (TPSA) is 156 Å². The van der Waals surface area contributed by atoms with Crippen molar-refractivity contribution in [1.82, 2.24) is 0 Å². The van der Waals surface area contributed by atoms with Crippen LogP contribution in [0.1, 0.15) is 371 Å². The van der Waals surface area contributed by atoms with Crippen molar-refractivity contribution < 1.29 is 72.9 Å².